The summed E-state index contributed by atoms with van der Waals surface area (Å²) in [6, 6.07) is 14.6. The van der Waals surface area contributed by atoms with Crippen LogP contribution in [0.3, 0.4) is 0 Å². The molecule has 2 aromatic carbocycles. The van der Waals surface area contributed by atoms with E-state index >= 15 is 0 Å². The molecule has 3 N–H and O–H groups in total. The maximum Gasteiger partial charge on any atom is 0.292 e. The van der Waals surface area contributed by atoms with Gasteiger partial charge in [-0.3, -0.25) is 14.4 Å². The summed E-state index contributed by atoms with van der Waals surface area (Å²) in [5.41, 5.74) is 2.79. The molecule has 0 saturated carbocycles. The number of carbonyl (C=O) groups is 2. The third kappa shape index (κ3) is 3.32. The molecule has 0 bridgehead atoms. The number of aromatic amines is 2. The number of H-pyrrole nitrogens is 2. The number of benzene rings is 2. The Labute approximate surface area is 170 Å². The van der Waals surface area contributed by atoms with E-state index in [-0.39, 0.29) is 5.69 Å². The Morgan fingerprint density at radius 2 is 1.72 bits per heavy atom. The minimum absolute atomic E-state index is 0.0281. The number of carbonyl (C=O) groups excluding carboxylic acids is 2. The Hall–Kier alpha value is -3.38. The van der Waals surface area contributed by atoms with E-state index in [1.165, 1.54) is 0 Å². The first kappa shape index (κ1) is 19.0. The molecule has 29 heavy (non-hydrogen) atoms. The fourth-order valence-electron chi connectivity index (χ4n) is 3.35. The van der Waals surface area contributed by atoms with Crippen LogP contribution in [0.15, 0.2) is 53.3 Å². The number of halogens is 1. The summed E-state index contributed by atoms with van der Waals surface area (Å²) in [5.74, 6) is -1.89. The zero-order valence-corrected chi connectivity index (χ0v) is 16.6. The Bertz CT molecular complexity index is 1320. The van der Waals surface area contributed by atoms with Crippen LogP contribution in [0.2, 0.25) is 5.02 Å². The molecule has 146 valence electrons. The van der Waals surface area contributed by atoms with Crippen LogP contribution in [0, 0.1) is 5.92 Å². The average Bonchev–Trinajstić information content (AvgIpc) is 3.05. The Morgan fingerprint density at radius 1 is 1.00 bits per heavy atom. The highest BCUT2D eigenvalue weighted by molar-refractivity contribution is 6.41. The lowest BCUT2D eigenvalue weighted by Gasteiger charge is -2.12. The van der Waals surface area contributed by atoms with Crippen LogP contribution < -0.4 is 10.9 Å². The molecule has 0 fully saturated rings. The van der Waals surface area contributed by atoms with Gasteiger partial charge in [0.1, 0.15) is 5.69 Å². The third-order valence-corrected chi connectivity index (χ3v) is 5.01. The van der Waals surface area contributed by atoms with Crippen molar-refractivity contribution in [3.63, 3.8) is 0 Å². The van der Waals surface area contributed by atoms with Gasteiger partial charge in [-0.15, -0.1) is 0 Å². The van der Waals surface area contributed by atoms with Gasteiger partial charge in [0.15, 0.2) is 0 Å². The van der Waals surface area contributed by atoms with E-state index in [1.807, 2.05) is 36.4 Å². The molecule has 6 nitrogen and oxygen atoms in total. The molecule has 0 atom stereocenters. The molecular weight excluding hydrogens is 390 g/mol. The molecule has 2 aromatic heterocycles. The molecular formula is C22H18ClN3O3. The number of aromatic nitrogens is 2. The largest absolute Gasteiger partial charge is 0.353 e. The quantitative estimate of drug-likeness (QED) is 0.435. The van der Waals surface area contributed by atoms with Crippen LogP contribution in [0.1, 0.15) is 13.8 Å². The van der Waals surface area contributed by atoms with Gasteiger partial charge in [-0.25, -0.2) is 0 Å². The average molecular weight is 408 g/mol. The predicted molar refractivity (Wildman–Crippen MR) is 115 cm³/mol. The molecule has 0 saturated heterocycles. The number of hydrogen-bond acceptors (Lipinski definition) is 3. The maximum absolute atomic E-state index is 13.0. The lowest BCUT2D eigenvalue weighted by Crippen LogP contribution is -2.30. The van der Waals surface area contributed by atoms with E-state index in [9.17, 15) is 14.4 Å². The first-order valence-electron chi connectivity index (χ1n) is 9.14. The minimum Gasteiger partial charge on any atom is -0.353 e. The zero-order valence-electron chi connectivity index (χ0n) is 15.8. The highest BCUT2D eigenvalue weighted by atomic mass is 35.5. The molecule has 0 aliphatic rings. The summed E-state index contributed by atoms with van der Waals surface area (Å²) in [6.45, 7) is 3.27. The van der Waals surface area contributed by atoms with Gasteiger partial charge in [-0.05, 0) is 23.8 Å². The number of Topliss-reactive ketones (excluding diaryl/α,β-unsaturated/α-hetero) is 1. The Kier molecular flexibility index (Phi) is 4.72. The van der Waals surface area contributed by atoms with E-state index in [1.54, 1.807) is 26.0 Å². The molecule has 0 radical (unpaired) electrons. The summed E-state index contributed by atoms with van der Waals surface area (Å²) in [6.07, 6.45) is 0. The summed E-state index contributed by atoms with van der Waals surface area (Å²) in [4.78, 5) is 43.6. The summed E-state index contributed by atoms with van der Waals surface area (Å²) >= 11 is 6.14. The fraction of sp³-hybridized carbons (Fsp3) is 0.136. The lowest BCUT2D eigenvalue weighted by atomic mass is 10.0. The molecule has 1 amide bonds. The van der Waals surface area contributed by atoms with Crippen LogP contribution >= 0.6 is 11.6 Å². The number of fused-ring (bicyclic) bond motifs is 3. The first-order valence-corrected chi connectivity index (χ1v) is 9.52. The van der Waals surface area contributed by atoms with Crippen molar-refractivity contribution < 1.29 is 9.59 Å². The SMILES string of the molecule is CC(C)C(=O)C(=O)Nc1c(-c2ccccc2)c2[nH]c3ccc(Cl)cc3c2[nH]c1=O. The highest BCUT2D eigenvalue weighted by Crippen LogP contribution is 2.36. The summed E-state index contributed by atoms with van der Waals surface area (Å²) in [5, 5.41) is 3.83. The monoisotopic (exact) mass is 407 g/mol. The Morgan fingerprint density at radius 3 is 2.41 bits per heavy atom. The van der Waals surface area contributed by atoms with E-state index < -0.39 is 23.2 Å². The molecule has 0 spiro atoms. The van der Waals surface area contributed by atoms with Crippen LogP contribution in [0.25, 0.3) is 33.1 Å². The van der Waals surface area contributed by atoms with Crippen molar-refractivity contribution in [2.24, 2.45) is 5.92 Å². The van der Waals surface area contributed by atoms with Crippen molar-refractivity contribution in [3.8, 4) is 11.1 Å². The standard InChI is InChI=1S/C22H18ClN3O3/c1-11(2)20(27)22(29)26-19-16(12-6-4-3-5-7-12)18-17(25-21(19)28)14-10-13(23)8-9-15(14)24-18/h3-11,24H,1-2H3,(H,25,28)(H,26,29). The van der Waals surface area contributed by atoms with Crippen molar-refractivity contribution in [2.75, 3.05) is 5.32 Å². The van der Waals surface area contributed by atoms with Crippen molar-refractivity contribution in [1.29, 1.82) is 0 Å². The van der Waals surface area contributed by atoms with Crippen molar-refractivity contribution in [2.45, 2.75) is 13.8 Å². The number of pyridine rings is 1. The first-order chi connectivity index (χ1) is 13.9. The van der Waals surface area contributed by atoms with Crippen molar-refractivity contribution in [1.82, 2.24) is 9.97 Å². The topological polar surface area (TPSA) is 94.8 Å². The second kappa shape index (κ2) is 7.22. The number of anilines is 1. The van der Waals surface area contributed by atoms with Crippen LogP contribution in [0.4, 0.5) is 5.69 Å². The summed E-state index contributed by atoms with van der Waals surface area (Å²) in [7, 11) is 0. The van der Waals surface area contributed by atoms with Gasteiger partial charge in [0.2, 0.25) is 5.78 Å². The van der Waals surface area contributed by atoms with Crippen LogP contribution in [-0.2, 0) is 9.59 Å². The van der Waals surface area contributed by atoms with Gasteiger partial charge in [-0.1, -0.05) is 55.8 Å². The summed E-state index contributed by atoms with van der Waals surface area (Å²) < 4.78 is 0. The minimum atomic E-state index is -0.818. The predicted octanol–water partition coefficient (Wildman–Crippen LogP) is 4.49. The smallest absolute Gasteiger partial charge is 0.292 e. The third-order valence-electron chi connectivity index (χ3n) is 4.78. The molecule has 4 rings (SSSR count). The maximum atomic E-state index is 13.0. The van der Waals surface area contributed by atoms with Gasteiger partial charge < -0.3 is 15.3 Å². The molecule has 0 aliphatic carbocycles. The van der Waals surface area contributed by atoms with Gasteiger partial charge in [-0.2, -0.15) is 0 Å². The highest BCUT2D eigenvalue weighted by Gasteiger charge is 2.23. The van der Waals surface area contributed by atoms with E-state index in [2.05, 4.69) is 15.3 Å². The van der Waals surface area contributed by atoms with Crippen molar-refractivity contribution >= 4 is 50.9 Å². The van der Waals surface area contributed by atoms with Crippen LogP contribution in [0.5, 0.6) is 0 Å². The van der Waals surface area contributed by atoms with Gasteiger partial charge in [0, 0.05) is 27.4 Å². The van der Waals surface area contributed by atoms with Gasteiger partial charge in [0.25, 0.3) is 11.5 Å². The second-order valence-corrected chi connectivity index (χ2v) is 7.54. The number of hydrogen-bond donors (Lipinski definition) is 3. The van der Waals surface area contributed by atoms with Gasteiger partial charge in [0.05, 0.1) is 11.0 Å². The van der Waals surface area contributed by atoms with E-state index in [0.29, 0.717) is 21.6 Å². The molecule has 0 unspecified atom stereocenters. The molecule has 2 heterocycles. The van der Waals surface area contributed by atoms with Crippen molar-refractivity contribution in [3.05, 3.63) is 63.9 Å². The molecule has 0 aliphatic heterocycles. The number of ketones is 1. The number of nitrogens with one attached hydrogen (secondary N) is 3. The number of amides is 1. The second-order valence-electron chi connectivity index (χ2n) is 7.11. The van der Waals surface area contributed by atoms with E-state index in [0.717, 1.165) is 16.5 Å². The molecule has 7 heteroatoms. The normalized spacial score (nSPS) is 11.3. The van der Waals surface area contributed by atoms with E-state index in [4.69, 9.17) is 11.6 Å². The fourth-order valence-corrected chi connectivity index (χ4v) is 3.52. The number of rotatable bonds is 4. The van der Waals surface area contributed by atoms with Gasteiger partial charge >= 0.3 is 0 Å². The zero-order chi connectivity index (χ0) is 20.7. The Balaban J connectivity index is 2.04. The lowest BCUT2D eigenvalue weighted by molar-refractivity contribution is -0.136. The molecule has 4 aromatic rings. The van der Waals surface area contributed by atoms with Crippen LogP contribution in [-0.4, -0.2) is 21.7 Å².